The van der Waals surface area contributed by atoms with E-state index in [4.69, 9.17) is 16.6 Å². The summed E-state index contributed by atoms with van der Waals surface area (Å²) in [5.41, 5.74) is 13.7. The molecule has 17 heavy (non-hydrogen) atoms. The first kappa shape index (κ1) is 12.5. The summed E-state index contributed by atoms with van der Waals surface area (Å²) in [7, 11) is 0. The number of hydrogen-bond donors (Lipinski definition) is 4. The summed E-state index contributed by atoms with van der Waals surface area (Å²) in [6, 6.07) is 2.21. The topological polar surface area (TPSA) is 131 Å². The molecule has 0 unspecified atom stereocenters. The summed E-state index contributed by atoms with van der Waals surface area (Å²) < 4.78 is 0. The summed E-state index contributed by atoms with van der Waals surface area (Å²) in [5, 5.41) is 12.4. The molecular formula is C10H12N4O3. The van der Waals surface area contributed by atoms with Crippen LogP contribution >= 0.6 is 0 Å². The normalized spacial score (nSPS) is 10.4. The first-order valence-electron chi connectivity index (χ1n) is 4.63. The third-order valence-corrected chi connectivity index (χ3v) is 2.03. The monoisotopic (exact) mass is 236 g/mol. The van der Waals surface area contributed by atoms with Crippen LogP contribution in [0.4, 0.5) is 10.5 Å². The third kappa shape index (κ3) is 3.20. The minimum atomic E-state index is -1.12. The van der Waals surface area contributed by atoms with Gasteiger partial charge in [0.2, 0.25) is 0 Å². The van der Waals surface area contributed by atoms with Crippen molar-refractivity contribution in [3.63, 3.8) is 0 Å². The molecule has 1 aromatic rings. The highest BCUT2D eigenvalue weighted by atomic mass is 16.4. The van der Waals surface area contributed by atoms with E-state index < -0.39 is 12.0 Å². The van der Waals surface area contributed by atoms with Crippen LogP contribution in [0.3, 0.4) is 0 Å². The van der Waals surface area contributed by atoms with Crippen LogP contribution in [0, 0.1) is 6.92 Å². The van der Waals surface area contributed by atoms with Crippen molar-refractivity contribution in [2.75, 3.05) is 5.73 Å². The Morgan fingerprint density at radius 2 is 2.12 bits per heavy atom. The van der Waals surface area contributed by atoms with Crippen LogP contribution in [0.5, 0.6) is 0 Å². The van der Waals surface area contributed by atoms with Crippen molar-refractivity contribution in [1.29, 1.82) is 0 Å². The van der Waals surface area contributed by atoms with Crippen molar-refractivity contribution < 1.29 is 14.7 Å². The molecule has 0 spiro atoms. The van der Waals surface area contributed by atoms with Crippen molar-refractivity contribution in [2.45, 2.75) is 6.92 Å². The first-order chi connectivity index (χ1) is 7.91. The van der Waals surface area contributed by atoms with Crippen LogP contribution in [0.15, 0.2) is 17.2 Å². The van der Waals surface area contributed by atoms with Crippen LogP contribution in [0.25, 0.3) is 0 Å². The van der Waals surface area contributed by atoms with E-state index in [1.165, 1.54) is 12.3 Å². The summed E-state index contributed by atoms with van der Waals surface area (Å²) in [6.07, 6.45) is 1.28. The molecule has 0 aliphatic heterocycles. The van der Waals surface area contributed by atoms with Crippen LogP contribution in [-0.4, -0.2) is 23.3 Å². The fourth-order valence-corrected chi connectivity index (χ4v) is 1.25. The van der Waals surface area contributed by atoms with E-state index in [-0.39, 0.29) is 11.3 Å². The second kappa shape index (κ2) is 4.97. The number of rotatable bonds is 3. The Balaban J connectivity index is 3.06. The Labute approximate surface area is 97.1 Å². The molecule has 0 aromatic heterocycles. The number of benzene rings is 1. The van der Waals surface area contributed by atoms with Gasteiger partial charge in [-0.15, -0.1) is 0 Å². The van der Waals surface area contributed by atoms with Gasteiger partial charge >= 0.3 is 12.0 Å². The van der Waals surface area contributed by atoms with E-state index in [0.29, 0.717) is 11.1 Å². The van der Waals surface area contributed by atoms with E-state index in [0.717, 1.165) is 0 Å². The molecule has 0 aliphatic rings. The number of primary amides is 1. The van der Waals surface area contributed by atoms with Gasteiger partial charge in [-0.1, -0.05) is 0 Å². The largest absolute Gasteiger partial charge is 0.478 e. The molecule has 0 saturated carbocycles. The molecule has 0 saturated heterocycles. The van der Waals surface area contributed by atoms with Gasteiger partial charge < -0.3 is 16.6 Å². The molecule has 90 valence electrons. The number of aryl methyl sites for hydroxylation is 1. The molecule has 0 aliphatic carbocycles. The molecule has 0 heterocycles. The first-order valence-corrected chi connectivity index (χ1v) is 4.63. The molecule has 0 fully saturated rings. The van der Waals surface area contributed by atoms with Gasteiger partial charge in [0.05, 0.1) is 11.8 Å². The molecule has 0 atom stereocenters. The van der Waals surface area contributed by atoms with Crippen molar-refractivity contribution in [3.05, 3.63) is 28.8 Å². The van der Waals surface area contributed by atoms with Gasteiger partial charge in [-0.2, -0.15) is 5.10 Å². The quantitative estimate of drug-likeness (QED) is 0.341. The lowest BCUT2D eigenvalue weighted by Crippen LogP contribution is -2.24. The minimum absolute atomic E-state index is 0.00877. The fourth-order valence-electron chi connectivity index (χ4n) is 1.25. The van der Waals surface area contributed by atoms with Crippen molar-refractivity contribution in [2.24, 2.45) is 10.8 Å². The van der Waals surface area contributed by atoms with Gasteiger partial charge in [-0.25, -0.2) is 15.0 Å². The number of aromatic carboxylic acids is 1. The maximum absolute atomic E-state index is 10.9. The fraction of sp³-hybridized carbons (Fsp3) is 0.100. The number of nitrogens with one attached hydrogen (secondary N) is 1. The standard InChI is InChI=1S/C10H12N4O3/c1-5-2-6(4-13-14-10(12)17)3-7(8(5)11)9(15)16/h2-4H,11H2,1H3,(H,15,16)(H3,12,14,17). The molecular weight excluding hydrogens is 224 g/mol. The predicted molar refractivity (Wildman–Crippen MR) is 62.9 cm³/mol. The second-order valence-corrected chi connectivity index (χ2v) is 3.34. The summed E-state index contributed by atoms with van der Waals surface area (Å²) in [6.45, 7) is 1.68. The van der Waals surface area contributed by atoms with Gasteiger partial charge in [0.15, 0.2) is 0 Å². The van der Waals surface area contributed by atoms with E-state index in [1.54, 1.807) is 13.0 Å². The number of urea groups is 1. The van der Waals surface area contributed by atoms with E-state index in [2.05, 4.69) is 5.10 Å². The highest BCUT2D eigenvalue weighted by molar-refractivity contribution is 5.97. The molecule has 0 radical (unpaired) electrons. The van der Waals surface area contributed by atoms with Gasteiger partial charge in [-0.3, -0.25) is 0 Å². The number of carboxylic acid groups (broad SMARTS) is 1. The van der Waals surface area contributed by atoms with E-state index in [9.17, 15) is 9.59 Å². The molecule has 0 bridgehead atoms. The smallest absolute Gasteiger partial charge is 0.337 e. The lowest BCUT2D eigenvalue weighted by Gasteiger charge is -2.06. The Hall–Kier alpha value is -2.57. The number of anilines is 1. The summed E-state index contributed by atoms with van der Waals surface area (Å²) >= 11 is 0. The predicted octanol–water partition coefficient (Wildman–Crippen LogP) is 0.278. The minimum Gasteiger partial charge on any atom is -0.478 e. The zero-order valence-corrected chi connectivity index (χ0v) is 9.10. The zero-order valence-electron chi connectivity index (χ0n) is 9.10. The Bertz CT molecular complexity index is 497. The highest BCUT2D eigenvalue weighted by Crippen LogP contribution is 2.18. The summed E-state index contributed by atoms with van der Waals surface area (Å²) in [5.74, 6) is -1.12. The van der Waals surface area contributed by atoms with Crippen molar-refractivity contribution in [1.82, 2.24) is 5.43 Å². The maximum Gasteiger partial charge on any atom is 0.337 e. The molecule has 1 rings (SSSR count). The molecule has 6 N–H and O–H groups in total. The highest BCUT2D eigenvalue weighted by Gasteiger charge is 2.10. The van der Waals surface area contributed by atoms with Gasteiger partial charge in [0.25, 0.3) is 0 Å². The number of carboxylic acids is 1. The number of amides is 2. The maximum atomic E-state index is 10.9. The van der Waals surface area contributed by atoms with E-state index >= 15 is 0 Å². The number of carbonyl (C=O) groups is 2. The number of hydrogen-bond acceptors (Lipinski definition) is 4. The number of nitrogen functional groups attached to an aromatic ring is 1. The van der Waals surface area contributed by atoms with Crippen LogP contribution < -0.4 is 16.9 Å². The van der Waals surface area contributed by atoms with E-state index in [1.807, 2.05) is 5.43 Å². The Morgan fingerprint density at radius 3 is 2.65 bits per heavy atom. The van der Waals surface area contributed by atoms with Crippen molar-refractivity contribution in [3.8, 4) is 0 Å². The molecule has 2 amide bonds. The average Bonchev–Trinajstić information content (AvgIpc) is 2.22. The van der Waals surface area contributed by atoms with Gasteiger partial charge in [0, 0.05) is 5.69 Å². The Kier molecular flexibility index (Phi) is 3.66. The number of carbonyl (C=O) groups excluding carboxylic acids is 1. The third-order valence-electron chi connectivity index (χ3n) is 2.03. The van der Waals surface area contributed by atoms with Crippen LogP contribution in [0.1, 0.15) is 21.5 Å². The number of nitrogens with zero attached hydrogens (tertiary/aromatic N) is 1. The van der Waals surface area contributed by atoms with Gasteiger partial charge in [0.1, 0.15) is 0 Å². The summed E-state index contributed by atoms with van der Waals surface area (Å²) in [4.78, 5) is 21.3. The second-order valence-electron chi connectivity index (χ2n) is 3.34. The van der Waals surface area contributed by atoms with Crippen molar-refractivity contribution >= 4 is 23.9 Å². The van der Waals surface area contributed by atoms with Crippen LogP contribution in [0.2, 0.25) is 0 Å². The van der Waals surface area contributed by atoms with Gasteiger partial charge in [-0.05, 0) is 30.2 Å². The lowest BCUT2D eigenvalue weighted by atomic mass is 10.0. The Morgan fingerprint density at radius 1 is 1.47 bits per heavy atom. The molecule has 7 nitrogen and oxygen atoms in total. The van der Waals surface area contributed by atoms with Crippen LogP contribution in [-0.2, 0) is 0 Å². The SMILES string of the molecule is Cc1cc(C=NNC(N)=O)cc(C(=O)O)c1N. The zero-order chi connectivity index (χ0) is 13.0. The molecule has 1 aromatic carbocycles. The average molecular weight is 236 g/mol. The number of nitrogens with two attached hydrogens (primary N) is 2. The molecule has 7 heteroatoms. The lowest BCUT2D eigenvalue weighted by molar-refractivity contribution is 0.0698. The number of hydrazone groups is 1.